The summed E-state index contributed by atoms with van der Waals surface area (Å²) in [6.07, 6.45) is 2.70. The molecule has 1 rings (SSSR count). The number of thioether (sulfide) groups is 1. The number of aryl methyl sites for hydroxylation is 1. The molecule has 0 saturated carbocycles. The Bertz CT molecular complexity index is 351. The molecular weight excluding hydrogens is 216 g/mol. The van der Waals surface area contributed by atoms with Gasteiger partial charge in [-0.1, -0.05) is 0 Å². The highest BCUT2D eigenvalue weighted by Gasteiger charge is 2.19. The van der Waals surface area contributed by atoms with Crippen LogP contribution < -0.4 is 5.73 Å². The third-order valence-corrected chi connectivity index (χ3v) is 2.61. The van der Waals surface area contributed by atoms with Gasteiger partial charge in [0.2, 0.25) is 5.89 Å². The monoisotopic (exact) mass is 230 g/mol. The van der Waals surface area contributed by atoms with E-state index in [0.717, 1.165) is 12.2 Å². The Morgan fingerprint density at radius 1 is 1.73 bits per heavy atom. The number of nitrogens with zero attached hydrogens (tertiary/aromatic N) is 1. The van der Waals surface area contributed by atoms with Crippen LogP contribution in [0, 0.1) is 6.92 Å². The number of carboxylic acids is 1. The predicted octanol–water partition coefficient (Wildman–Crippen LogP) is 1.43. The van der Waals surface area contributed by atoms with Gasteiger partial charge in [0.15, 0.2) is 5.69 Å². The van der Waals surface area contributed by atoms with Gasteiger partial charge in [-0.25, -0.2) is 9.78 Å². The highest BCUT2D eigenvalue weighted by Crippen LogP contribution is 2.18. The molecule has 1 atom stereocenters. The molecule has 1 heterocycles. The van der Waals surface area contributed by atoms with Crippen molar-refractivity contribution in [1.29, 1.82) is 0 Å². The zero-order valence-corrected chi connectivity index (χ0v) is 9.50. The quantitative estimate of drug-likeness (QED) is 0.795. The number of aromatic carboxylic acids is 1. The second-order valence-electron chi connectivity index (χ2n) is 3.15. The minimum Gasteiger partial charge on any atom is -0.476 e. The molecule has 0 fully saturated rings. The van der Waals surface area contributed by atoms with Gasteiger partial charge in [0.1, 0.15) is 5.76 Å². The van der Waals surface area contributed by atoms with Crippen molar-refractivity contribution in [2.45, 2.75) is 19.4 Å². The summed E-state index contributed by atoms with van der Waals surface area (Å²) in [5, 5.41) is 8.77. The summed E-state index contributed by atoms with van der Waals surface area (Å²) >= 11 is 1.68. The Balaban J connectivity index is 2.78. The molecule has 0 aliphatic rings. The summed E-state index contributed by atoms with van der Waals surface area (Å²) in [4.78, 5) is 14.6. The van der Waals surface area contributed by atoms with E-state index in [-0.39, 0.29) is 11.7 Å². The molecule has 0 aromatic carbocycles. The fourth-order valence-electron chi connectivity index (χ4n) is 1.14. The van der Waals surface area contributed by atoms with Crippen molar-refractivity contribution >= 4 is 17.7 Å². The van der Waals surface area contributed by atoms with Crippen LogP contribution in [0.25, 0.3) is 0 Å². The third kappa shape index (κ3) is 2.97. The van der Waals surface area contributed by atoms with E-state index in [1.165, 1.54) is 0 Å². The fraction of sp³-hybridized carbons (Fsp3) is 0.556. The average molecular weight is 230 g/mol. The van der Waals surface area contributed by atoms with E-state index in [0.29, 0.717) is 11.7 Å². The van der Waals surface area contributed by atoms with Gasteiger partial charge in [-0.2, -0.15) is 11.8 Å². The topological polar surface area (TPSA) is 89.3 Å². The summed E-state index contributed by atoms with van der Waals surface area (Å²) in [5.41, 5.74) is 5.75. The maximum atomic E-state index is 10.7. The summed E-state index contributed by atoms with van der Waals surface area (Å²) < 4.78 is 5.21. The fourth-order valence-corrected chi connectivity index (χ4v) is 1.63. The van der Waals surface area contributed by atoms with Crippen LogP contribution in [0.3, 0.4) is 0 Å². The molecule has 1 aromatic rings. The SMILES string of the molecule is CSCC[C@H](N)c1nc(C(=O)O)c(C)o1. The van der Waals surface area contributed by atoms with Crippen LogP contribution in [0.15, 0.2) is 4.42 Å². The minimum atomic E-state index is -1.08. The van der Waals surface area contributed by atoms with E-state index in [1.807, 2.05) is 6.26 Å². The average Bonchev–Trinajstić information content (AvgIpc) is 2.56. The van der Waals surface area contributed by atoms with Crippen LogP contribution in [0.4, 0.5) is 0 Å². The molecule has 0 aliphatic heterocycles. The summed E-state index contributed by atoms with van der Waals surface area (Å²) in [6, 6.07) is -0.329. The van der Waals surface area contributed by atoms with Gasteiger partial charge < -0.3 is 15.3 Å². The molecule has 0 aliphatic carbocycles. The first-order valence-electron chi connectivity index (χ1n) is 4.51. The molecule has 0 saturated heterocycles. The van der Waals surface area contributed by atoms with Gasteiger partial charge in [0.25, 0.3) is 0 Å². The van der Waals surface area contributed by atoms with Crippen LogP contribution >= 0.6 is 11.8 Å². The summed E-state index contributed by atoms with van der Waals surface area (Å²) in [5.74, 6) is 0.418. The van der Waals surface area contributed by atoms with E-state index < -0.39 is 5.97 Å². The molecule has 0 spiro atoms. The largest absolute Gasteiger partial charge is 0.476 e. The summed E-state index contributed by atoms with van der Waals surface area (Å²) in [7, 11) is 0. The highest BCUT2D eigenvalue weighted by atomic mass is 32.2. The van der Waals surface area contributed by atoms with Gasteiger partial charge in [-0.3, -0.25) is 0 Å². The van der Waals surface area contributed by atoms with Gasteiger partial charge in [-0.05, 0) is 25.4 Å². The first kappa shape index (κ1) is 12.1. The van der Waals surface area contributed by atoms with Gasteiger partial charge in [-0.15, -0.1) is 0 Å². The molecule has 6 heteroatoms. The van der Waals surface area contributed by atoms with Crippen LogP contribution in [0.1, 0.15) is 34.6 Å². The van der Waals surface area contributed by atoms with Crippen LogP contribution in [0.5, 0.6) is 0 Å². The Kier molecular flexibility index (Phi) is 4.16. The highest BCUT2D eigenvalue weighted by molar-refractivity contribution is 7.98. The molecule has 15 heavy (non-hydrogen) atoms. The van der Waals surface area contributed by atoms with E-state index in [9.17, 15) is 4.79 Å². The second-order valence-corrected chi connectivity index (χ2v) is 4.14. The standard InChI is InChI=1S/C9H14N2O3S/c1-5-7(9(12)13)11-8(14-5)6(10)3-4-15-2/h6H,3-4,10H2,1-2H3,(H,12,13)/t6-/m0/s1. The minimum absolute atomic E-state index is 0.0513. The number of carbonyl (C=O) groups is 1. The molecule has 84 valence electrons. The predicted molar refractivity (Wildman–Crippen MR) is 58.1 cm³/mol. The smallest absolute Gasteiger partial charge is 0.358 e. The normalized spacial score (nSPS) is 12.7. The number of hydrogen-bond donors (Lipinski definition) is 2. The molecule has 1 aromatic heterocycles. The van der Waals surface area contributed by atoms with Crippen LogP contribution in [-0.2, 0) is 0 Å². The lowest BCUT2D eigenvalue weighted by Gasteiger charge is -2.04. The Morgan fingerprint density at radius 2 is 2.40 bits per heavy atom. The maximum absolute atomic E-state index is 10.7. The van der Waals surface area contributed by atoms with E-state index in [1.54, 1.807) is 18.7 Å². The first-order chi connectivity index (χ1) is 7.06. The van der Waals surface area contributed by atoms with Gasteiger partial charge >= 0.3 is 5.97 Å². The van der Waals surface area contributed by atoms with Crippen molar-refractivity contribution in [2.24, 2.45) is 5.73 Å². The Hall–Kier alpha value is -1.01. The van der Waals surface area contributed by atoms with Crippen LogP contribution in [-0.4, -0.2) is 28.1 Å². The third-order valence-electron chi connectivity index (χ3n) is 1.97. The van der Waals surface area contributed by atoms with E-state index in [2.05, 4.69) is 4.98 Å². The zero-order valence-electron chi connectivity index (χ0n) is 8.69. The Morgan fingerprint density at radius 3 is 2.87 bits per heavy atom. The molecular formula is C9H14N2O3S. The van der Waals surface area contributed by atoms with Gasteiger partial charge in [0, 0.05) is 0 Å². The number of aromatic nitrogens is 1. The van der Waals surface area contributed by atoms with Crippen molar-refractivity contribution in [2.75, 3.05) is 12.0 Å². The molecule has 0 unspecified atom stereocenters. The lowest BCUT2D eigenvalue weighted by molar-refractivity contribution is 0.0689. The molecule has 0 bridgehead atoms. The second kappa shape index (κ2) is 5.18. The summed E-state index contributed by atoms with van der Waals surface area (Å²) in [6.45, 7) is 1.57. The molecule has 0 radical (unpaired) electrons. The lowest BCUT2D eigenvalue weighted by atomic mass is 10.2. The number of carboxylic acid groups (broad SMARTS) is 1. The Labute approximate surface area is 92.1 Å². The maximum Gasteiger partial charge on any atom is 0.358 e. The van der Waals surface area contributed by atoms with Crippen molar-refractivity contribution < 1.29 is 14.3 Å². The van der Waals surface area contributed by atoms with E-state index >= 15 is 0 Å². The number of oxazole rings is 1. The van der Waals surface area contributed by atoms with Crippen molar-refractivity contribution in [3.8, 4) is 0 Å². The first-order valence-corrected chi connectivity index (χ1v) is 5.90. The molecule has 3 N–H and O–H groups in total. The van der Waals surface area contributed by atoms with Crippen molar-refractivity contribution in [3.05, 3.63) is 17.3 Å². The van der Waals surface area contributed by atoms with Crippen molar-refractivity contribution in [3.63, 3.8) is 0 Å². The zero-order chi connectivity index (χ0) is 11.4. The number of hydrogen-bond acceptors (Lipinski definition) is 5. The van der Waals surface area contributed by atoms with Gasteiger partial charge in [0.05, 0.1) is 6.04 Å². The lowest BCUT2D eigenvalue weighted by Crippen LogP contribution is -2.12. The van der Waals surface area contributed by atoms with E-state index in [4.69, 9.17) is 15.3 Å². The van der Waals surface area contributed by atoms with Crippen molar-refractivity contribution in [1.82, 2.24) is 4.98 Å². The number of rotatable bonds is 5. The van der Waals surface area contributed by atoms with Crippen LogP contribution in [0.2, 0.25) is 0 Å². The molecule has 5 nitrogen and oxygen atoms in total. The number of nitrogens with two attached hydrogens (primary N) is 1. The molecule has 0 amide bonds.